The van der Waals surface area contributed by atoms with Gasteiger partial charge in [-0.25, -0.2) is 0 Å². The molecule has 3 nitrogen and oxygen atoms in total. The molecule has 1 fully saturated rings. The van der Waals surface area contributed by atoms with Crippen LogP contribution in [0.15, 0.2) is 18.2 Å². The number of benzene rings is 1. The Morgan fingerprint density at radius 3 is 2.88 bits per heavy atom. The Balaban J connectivity index is 2.03. The third-order valence-corrected chi connectivity index (χ3v) is 3.32. The summed E-state index contributed by atoms with van der Waals surface area (Å²) in [4.78, 5) is 0. The summed E-state index contributed by atoms with van der Waals surface area (Å²) in [6.07, 6.45) is 0.872. The molecule has 3 unspecified atom stereocenters. The van der Waals surface area contributed by atoms with Crippen molar-refractivity contribution in [1.29, 1.82) is 0 Å². The van der Waals surface area contributed by atoms with Gasteiger partial charge >= 0.3 is 0 Å². The predicted molar refractivity (Wildman–Crippen MR) is 68.6 cm³/mol. The van der Waals surface area contributed by atoms with Crippen LogP contribution in [0.1, 0.15) is 18.9 Å². The predicted octanol–water partition coefficient (Wildman–Crippen LogP) is 2.53. The quantitative estimate of drug-likeness (QED) is 0.899. The van der Waals surface area contributed by atoms with Crippen molar-refractivity contribution in [1.82, 2.24) is 0 Å². The number of aryl methyl sites for hydroxylation is 1. The molecule has 0 aliphatic heterocycles. The lowest BCUT2D eigenvalue weighted by Gasteiger charge is -2.41. The van der Waals surface area contributed by atoms with E-state index in [1.807, 2.05) is 32.0 Å². The van der Waals surface area contributed by atoms with Crippen LogP contribution in [0.25, 0.3) is 0 Å². The van der Waals surface area contributed by atoms with Crippen LogP contribution in [0.3, 0.4) is 0 Å². The van der Waals surface area contributed by atoms with Crippen LogP contribution >= 0.6 is 11.6 Å². The zero-order chi connectivity index (χ0) is 12.4. The van der Waals surface area contributed by atoms with E-state index in [1.165, 1.54) is 0 Å². The lowest BCUT2D eigenvalue weighted by atomic mass is 9.86. The van der Waals surface area contributed by atoms with Gasteiger partial charge < -0.3 is 15.2 Å². The largest absolute Gasteiger partial charge is 0.487 e. The number of halogens is 1. The lowest BCUT2D eigenvalue weighted by Crippen LogP contribution is -2.59. The van der Waals surface area contributed by atoms with Gasteiger partial charge in [0.2, 0.25) is 0 Å². The maximum atomic E-state index is 5.95. The Hall–Kier alpha value is -0.770. The second-order valence-corrected chi connectivity index (χ2v) is 4.82. The number of nitrogens with two attached hydrogens (primary N) is 1. The Morgan fingerprint density at radius 1 is 1.47 bits per heavy atom. The molecule has 1 aliphatic carbocycles. The van der Waals surface area contributed by atoms with E-state index in [-0.39, 0.29) is 18.2 Å². The molecule has 1 aliphatic rings. The second-order valence-electron chi connectivity index (χ2n) is 4.39. The molecule has 2 rings (SSSR count). The molecule has 4 heteroatoms. The molecular formula is C13H18ClNO2. The average molecular weight is 256 g/mol. The van der Waals surface area contributed by atoms with Crippen molar-refractivity contribution in [2.75, 3.05) is 6.61 Å². The summed E-state index contributed by atoms with van der Waals surface area (Å²) in [5.74, 6) is 0.819. The van der Waals surface area contributed by atoms with E-state index in [0.29, 0.717) is 11.6 Å². The van der Waals surface area contributed by atoms with E-state index < -0.39 is 0 Å². The molecule has 1 saturated carbocycles. The molecule has 0 saturated heterocycles. The molecule has 0 aromatic heterocycles. The number of rotatable bonds is 4. The maximum absolute atomic E-state index is 5.95. The second kappa shape index (κ2) is 5.25. The molecule has 1 aromatic carbocycles. The van der Waals surface area contributed by atoms with Crippen LogP contribution < -0.4 is 10.5 Å². The SMILES string of the molecule is CCOC1C(N)CC1Oc1cc(Cl)ccc1C. The molecule has 94 valence electrons. The summed E-state index contributed by atoms with van der Waals surface area (Å²) in [5.41, 5.74) is 6.96. The number of hydrogen-bond acceptors (Lipinski definition) is 3. The minimum atomic E-state index is -0.00150. The molecule has 0 amide bonds. The summed E-state index contributed by atoms with van der Waals surface area (Å²) in [5, 5.41) is 0.683. The van der Waals surface area contributed by atoms with Gasteiger partial charge in [0, 0.05) is 24.1 Å². The van der Waals surface area contributed by atoms with Crippen molar-refractivity contribution >= 4 is 11.6 Å². The minimum absolute atomic E-state index is 0.00150. The zero-order valence-electron chi connectivity index (χ0n) is 10.2. The fourth-order valence-corrected chi connectivity index (χ4v) is 2.18. The van der Waals surface area contributed by atoms with E-state index in [1.54, 1.807) is 0 Å². The van der Waals surface area contributed by atoms with Gasteiger partial charge in [0.15, 0.2) is 0 Å². The third kappa shape index (κ3) is 2.73. The molecular weight excluding hydrogens is 238 g/mol. The van der Waals surface area contributed by atoms with Crippen molar-refractivity contribution in [3.8, 4) is 5.75 Å². The highest BCUT2D eigenvalue weighted by atomic mass is 35.5. The molecule has 2 N–H and O–H groups in total. The van der Waals surface area contributed by atoms with E-state index in [4.69, 9.17) is 26.8 Å². The monoisotopic (exact) mass is 255 g/mol. The molecule has 0 radical (unpaired) electrons. The normalized spacial score (nSPS) is 27.6. The van der Waals surface area contributed by atoms with Crippen LogP contribution in [0, 0.1) is 6.92 Å². The fourth-order valence-electron chi connectivity index (χ4n) is 2.02. The van der Waals surface area contributed by atoms with Gasteiger partial charge in [-0.2, -0.15) is 0 Å². The van der Waals surface area contributed by atoms with Gasteiger partial charge in [-0.3, -0.25) is 0 Å². The summed E-state index contributed by atoms with van der Waals surface area (Å²) < 4.78 is 11.5. The maximum Gasteiger partial charge on any atom is 0.128 e. The van der Waals surface area contributed by atoms with Crippen molar-refractivity contribution in [3.63, 3.8) is 0 Å². The smallest absolute Gasteiger partial charge is 0.128 e. The summed E-state index contributed by atoms with van der Waals surface area (Å²) in [7, 11) is 0. The van der Waals surface area contributed by atoms with Crippen molar-refractivity contribution in [3.05, 3.63) is 28.8 Å². The minimum Gasteiger partial charge on any atom is -0.487 e. The highest BCUT2D eigenvalue weighted by Gasteiger charge is 2.41. The van der Waals surface area contributed by atoms with E-state index in [2.05, 4.69) is 0 Å². The van der Waals surface area contributed by atoms with Crippen LogP contribution in [0.4, 0.5) is 0 Å². The first-order chi connectivity index (χ1) is 8.11. The molecule has 0 heterocycles. The first-order valence-corrected chi connectivity index (χ1v) is 6.29. The van der Waals surface area contributed by atoms with Gasteiger partial charge in [-0.15, -0.1) is 0 Å². The van der Waals surface area contributed by atoms with Gasteiger partial charge in [-0.05, 0) is 31.5 Å². The van der Waals surface area contributed by atoms with E-state index in [9.17, 15) is 0 Å². The van der Waals surface area contributed by atoms with Crippen LogP contribution in [0.2, 0.25) is 5.02 Å². The van der Waals surface area contributed by atoms with Crippen LogP contribution in [-0.2, 0) is 4.74 Å². The molecule has 3 atom stereocenters. The average Bonchev–Trinajstić information content (AvgIpc) is 2.30. The number of ether oxygens (including phenoxy) is 2. The summed E-state index contributed by atoms with van der Waals surface area (Å²) in [6.45, 7) is 4.62. The molecule has 0 bridgehead atoms. The fraction of sp³-hybridized carbons (Fsp3) is 0.538. The Kier molecular flexibility index (Phi) is 3.92. The van der Waals surface area contributed by atoms with Crippen LogP contribution in [-0.4, -0.2) is 24.9 Å². The summed E-state index contributed by atoms with van der Waals surface area (Å²) in [6, 6.07) is 5.73. The van der Waals surface area contributed by atoms with Gasteiger partial charge in [0.05, 0.1) is 0 Å². The van der Waals surface area contributed by atoms with Crippen molar-refractivity contribution in [2.45, 2.75) is 38.5 Å². The molecule has 17 heavy (non-hydrogen) atoms. The van der Waals surface area contributed by atoms with Gasteiger partial charge in [0.25, 0.3) is 0 Å². The Bertz CT molecular complexity index is 397. The van der Waals surface area contributed by atoms with Crippen molar-refractivity contribution in [2.24, 2.45) is 5.73 Å². The zero-order valence-corrected chi connectivity index (χ0v) is 10.9. The molecule has 0 spiro atoms. The van der Waals surface area contributed by atoms with Gasteiger partial charge in [0.1, 0.15) is 18.0 Å². The first-order valence-electron chi connectivity index (χ1n) is 5.91. The van der Waals surface area contributed by atoms with Gasteiger partial charge in [-0.1, -0.05) is 17.7 Å². The van der Waals surface area contributed by atoms with Crippen LogP contribution in [0.5, 0.6) is 5.75 Å². The molecule has 1 aromatic rings. The lowest BCUT2D eigenvalue weighted by molar-refractivity contribution is -0.0947. The standard InChI is InChI=1S/C13H18ClNO2/c1-3-16-13-10(15)7-12(13)17-11-6-9(14)5-4-8(11)2/h4-6,10,12-13H,3,7,15H2,1-2H3. The first kappa shape index (κ1) is 12.7. The van der Waals surface area contributed by atoms with E-state index in [0.717, 1.165) is 17.7 Å². The third-order valence-electron chi connectivity index (χ3n) is 3.08. The topological polar surface area (TPSA) is 44.5 Å². The Morgan fingerprint density at radius 2 is 2.24 bits per heavy atom. The highest BCUT2D eigenvalue weighted by Crippen LogP contribution is 2.30. The summed E-state index contributed by atoms with van der Waals surface area (Å²) >= 11 is 5.95. The van der Waals surface area contributed by atoms with E-state index >= 15 is 0 Å². The number of hydrogen-bond donors (Lipinski definition) is 1. The Labute approximate surface area is 107 Å². The highest BCUT2D eigenvalue weighted by molar-refractivity contribution is 6.30. The van der Waals surface area contributed by atoms with Crippen molar-refractivity contribution < 1.29 is 9.47 Å².